The minimum Gasteiger partial charge on any atom is -0.504 e. The fraction of sp³-hybridized carbons (Fsp3) is 0. The van der Waals surface area contributed by atoms with Crippen LogP contribution in [0.2, 0.25) is 0 Å². The largest absolute Gasteiger partial charge is 0.504 e. The molecule has 0 saturated carbocycles. The maximum Gasteiger partial charge on any atom is 0.208 e. The Hall–Kier alpha value is -6.72. The van der Waals surface area contributed by atoms with Gasteiger partial charge in [-0.3, -0.25) is 0 Å². The van der Waals surface area contributed by atoms with E-state index in [0.29, 0.717) is 5.56 Å². The number of phenolic OH excluding ortho intramolecular Hbond substituents is 5. The van der Waals surface area contributed by atoms with E-state index in [2.05, 4.69) is 115 Å². The third kappa shape index (κ3) is 3.70. The number of benzene rings is 10. The average molecular weight is 635 g/mol. The van der Waals surface area contributed by atoms with Gasteiger partial charge in [0.15, 0.2) is 11.5 Å². The molecule has 0 aromatic heterocycles. The van der Waals surface area contributed by atoms with Gasteiger partial charge in [-0.15, -0.1) is 0 Å². The highest BCUT2D eigenvalue weighted by Gasteiger charge is 2.26. The highest BCUT2D eigenvalue weighted by molar-refractivity contribution is 6.27. The van der Waals surface area contributed by atoms with Crippen LogP contribution in [0.4, 0.5) is 0 Å². The maximum absolute atomic E-state index is 11.1. The number of hydrogen-bond acceptors (Lipinski definition) is 5. The number of phenols is 5. The summed E-state index contributed by atoms with van der Waals surface area (Å²) in [4.78, 5) is 0. The smallest absolute Gasteiger partial charge is 0.208 e. The number of hydrogen-bond donors (Lipinski definition) is 5. The van der Waals surface area contributed by atoms with Crippen LogP contribution in [0.5, 0.6) is 28.7 Å². The molecule has 0 heterocycles. The molecule has 0 bridgehead atoms. The summed E-state index contributed by atoms with van der Waals surface area (Å²) in [5.74, 6) is -4.29. The summed E-state index contributed by atoms with van der Waals surface area (Å²) in [5, 5.41) is 67.1. The van der Waals surface area contributed by atoms with Gasteiger partial charge < -0.3 is 25.5 Å². The maximum atomic E-state index is 11.1. The molecule has 0 aliphatic heterocycles. The predicted octanol–water partition coefficient (Wildman–Crippen LogP) is 11.0. The van der Waals surface area contributed by atoms with E-state index in [9.17, 15) is 25.5 Å². The van der Waals surface area contributed by atoms with E-state index in [0.717, 1.165) is 76.1 Å². The van der Waals surface area contributed by atoms with E-state index < -0.39 is 28.7 Å². The molecule has 0 saturated heterocycles. The van der Waals surface area contributed by atoms with Crippen molar-refractivity contribution in [2.24, 2.45) is 0 Å². The summed E-state index contributed by atoms with van der Waals surface area (Å²) < 4.78 is 0. The SMILES string of the molecule is Oc1c(O)c(O)c(-c2cc(-c3ccc4ccc5cccc6ccc3c4c56)cc(-c3ccc4ccc5cccc6ccc3c4c56)c2)c(O)c1O. The first-order chi connectivity index (χ1) is 23.9. The van der Waals surface area contributed by atoms with Crippen LogP contribution in [0.15, 0.2) is 127 Å². The molecule has 0 amide bonds. The lowest BCUT2D eigenvalue weighted by molar-refractivity contribution is 0.330. The number of rotatable bonds is 3. The van der Waals surface area contributed by atoms with E-state index in [1.54, 1.807) is 0 Å². The Kier molecular flexibility index (Phi) is 5.40. The molecule has 5 heteroatoms. The molecule has 0 atom stereocenters. The van der Waals surface area contributed by atoms with E-state index in [4.69, 9.17) is 0 Å². The summed E-state index contributed by atoms with van der Waals surface area (Å²) in [6.07, 6.45) is 0. The molecule has 5 N–H and O–H groups in total. The van der Waals surface area contributed by atoms with Gasteiger partial charge in [-0.25, -0.2) is 0 Å². The van der Waals surface area contributed by atoms with Crippen molar-refractivity contribution < 1.29 is 25.5 Å². The molecule has 0 spiro atoms. The quantitative estimate of drug-likeness (QED) is 0.0756. The second-order valence-corrected chi connectivity index (χ2v) is 12.9. The van der Waals surface area contributed by atoms with Crippen molar-refractivity contribution in [3.63, 3.8) is 0 Å². The first kappa shape index (κ1) is 27.4. The van der Waals surface area contributed by atoms with E-state index in [1.807, 2.05) is 12.1 Å². The van der Waals surface area contributed by atoms with Gasteiger partial charge in [-0.05, 0) is 111 Å². The van der Waals surface area contributed by atoms with Crippen LogP contribution < -0.4 is 0 Å². The monoisotopic (exact) mass is 634 g/mol. The van der Waals surface area contributed by atoms with E-state index in [1.165, 1.54) is 10.8 Å². The third-order valence-corrected chi connectivity index (χ3v) is 10.3. The van der Waals surface area contributed by atoms with Gasteiger partial charge in [0, 0.05) is 0 Å². The zero-order chi connectivity index (χ0) is 33.1. The molecular weight excluding hydrogens is 608 g/mol. The minimum absolute atomic E-state index is 0.189. The Morgan fingerprint density at radius 3 is 1.04 bits per heavy atom. The topological polar surface area (TPSA) is 101 Å². The van der Waals surface area contributed by atoms with Crippen LogP contribution in [0.3, 0.4) is 0 Å². The first-order valence-corrected chi connectivity index (χ1v) is 16.1. The minimum atomic E-state index is -0.992. The normalized spacial score (nSPS) is 12.1. The van der Waals surface area contributed by atoms with Gasteiger partial charge in [0.2, 0.25) is 17.2 Å². The highest BCUT2D eigenvalue weighted by Crippen LogP contribution is 2.56. The highest BCUT2D eigenvalue weighted by atomic mass is 16.4. The van der Waals surface area contributed by atoms with Crippen molar-refractivity contribution in [1.82, 2.24) is 0 Å². The summed E-state index contributed by atoms with van der Waals surface area (Å²) in [6.45, 7) is 0. The molecule has 10 aromatic rings. The van der Waals surface area contributed by atoms with Crippen LogP contribution in [0.1, 0.15) is 0 Å². The van der Waals surface area contributed by atoms with Crippen LogP contribution >= 0.6 is 0 Å². The van der Waals surface area contributed by atoms with Gasteiger partial charge in [0.25, 0.3) is 0 Å². The fourth-order valence-electron chi connectivity index (χ4n) is 8.02. The fourth-order valence-corrected chi connectivity index (χ4v) is 8.02. The number of aromatic hydroxyl groups is 5. The van der Waals surface area contributed by atoms with E-state index >= 15 is 0 Å². The van der Waals surface area contributed by atoms with Crippen LogP contribution in [0, 0.1) is 0 Å². The summed E-state index contributed by atoms with van der Waals surface area (Å²) >= 11 is 0. The van der Waals surface area contributed by atoms with Crippen molar-refractivity contribution in [2.75, 3.05) is 0 Å². The Bertz CT molecular complexity index is 2770. The molecule has 5 nitrogen and oxygen atoms in total. The lowest BCUT2D eigenvalue weighted by Crippen LogP contribution is -1.92. The molecule has 232 valence electrons. The lowest BCUT2D eigenvalue weighted by atomic mass is 9.86. The molecule has 0 unspecified atom stereocenters. The van der Waals surface area contributed by atoms with Gasteiger partial charge in [0.05, 0.1) is 5.56 Å². The molecule has 0 aliphatic carbocycles. The third-order valence-electron chi connectivity index (χ3n) is 10.3. The zero-order valence-electron chi connectivity index (χ0n) is 25.9. The average Bonchev–Trinajstić information content (AvgIpc) is 3.14. The second kappa shape index (κ2) is 9.66. The van der Waals surface area contributed by atoms with Gasteiger partial charge >= 0.3 is 0 Å². The first-order valence-electron chi connectivity index (χ1n) is 16.1. The lowest BCUT2D eigenvalue weighted by Gasteiger charge is -2.19. The van der Waals surface area contributed by atoms with Crippen molar-refractivity contribution >= 4 is 64.6 Å². The van der Waals surface area contributed by atoms with Crippen LogP contribution in [0.25, 0.3) is 98.0 Å². The Balaban J connectivity index is 1.32. The zero-order valence-corrected chi connectivity index (χ0v) is 25.9. The molecule has 0 aliphatic rings. The molecule has 49 heavy (non-hydrogen) atoms. The van der Waals surface area contributed by atoms with Gasteiger partial charge in [0.1, 0.15) is 0 Å². The molecule has 0 fully saturated rings. The van der Waals surface area contributed by atoms with Crippen molar-refractivity contribution in [2.45, 2.75) is 0 Å². The van der Waals surface area contributed by atoms with Crippen molar-refractivity contribution in [3.8, 4) is 62.1 Å². The second-order valence-electron chi connectivity index (χ2n) is 12.9. The van der Waals surface area contributed by atoms with Gasteiger partial charge in [-0.2, -0.15) is 0 Å². The van der Waals surface area contributed by atoms with Gasteiger partial charge in [-0.1, -0.05) is 109 Å². The summed E-state index contributed by atoms with van der Waals surface area (Å²) in [5.41, 5.74) is 3.66. The van der Waals surface area contributed by atoms with Crippen LogP contribution in [-0.4, -0.2) is 25.5 Å². The summed E-state index contributed by atoms with van der Waals surface area (Å²) in [7, 11) is 0. The van der Waals surface area contributed by atoms with Crippen LogP contribution in [-0.2, 0) is 0 Å². The molecule has 10 rings (SSSR count). The standard InChI is InChI=1S/C44H26O5/c45-40-39(41(46)43(48)44(49)42(40)47)30-20-28(31-15-11-26-9-7-22-3-1-5-24-13-17-33(31)37(26)35(22)24)19-29(21-30)32-16-12-27-10-8-23-4-2-6-25-14-18-34(32)38(27)36(23)25/h1-21,45-49H. The summed E-state index contributed by atoms with van der Waals surface area (Å²) in [6, 6.07) is 43.9. The van der Waals surface area contributed by atoms with Crippen molar-refractivity contribution in [3.05, 3.63) is 127 Å². The van der Waals surface area contributed by atoms with E-state index in [-0.39, 0.29) is 5.56 Å². The predicted molar refractivity (Wildman–Crippen MR) is 198 cm³/mol. The Labute approximate surface area is 279 Å². The molecule has 10 aromatic carbocycles. The van der Waals surface area contributed by atoms with Crippen molar-refractivity contribution in [1.29, 1.82) is 0 Å². The molecular formula is C44H26O5. The Morgan fingerprint density at radius 2 is 0.612 bits per heavy atom. The molecule has 0 radical (unpaired) electrons. The Morgan fingerprint density at radius 1 is 0.286 bits per heavy atom.